The lowest BCUT2D eigenvalue weighted by atomic mass is 10.0. The average molecular weight is 302 g/mol. The average Bonchev–Trinajstić information content (AvgIpc) is 2.73. The maximum Gasteiger partial charge on any atom is 0.0492 e. The Bertz CT molecular complexity index is 449. The van der Waals surface area contributed by atoms with E-state index in [1.807, 2.05) is 12.1 Å². The van der Waals surface area contributed by atoms with E-state index in [0.717, 1.165) is 47.2 Å². The third kappa shape index (κ3) is 3.23. The molecule has 2 rings (SSSR count). The Hall–Kier alpha value is -0.320. The molecule has 1 unspecified atom stereocenters. The van der Waals surface area contributed by atoms with Crippen molar-refractivity contribution in [1.29, 1.82) is 0 Å². The third-order valence-corrected chi connectivity index (χ3v) is 4.34. The molecule has 19 heavy (non-hydrogen) atoms. The van der Waals surface area contributed by atoms with Gasteiger partial charge in [0.2, 0.25) is 0 Å². The van der Waals surface area contributed by atoms with Gasteiger partial charge >= 0.3 is 0 Å². The van der Waals surface area contributed by atoms with E-state index in [-0.39, 0.29) is 6.04 Å². The first-order valence-corrected chi connectivity index (χ1v) is 7.35. The smallest absolute Gasteiger partial charge is 0.0492 e. The zero-order valence-electron chi connectivity index (χ0n) is 11.5. The molecule has 0 saturated carbocycles. The second-order valence-electron chi connectivity index (χ2n) is 5.30. The van der Waals surface area contributed by atoms with Gasteiger partial charge in [0.15, 0.2) is 0 Å². The first-order valence-electron chi connectivity index (χ1n) is 6.60. The van der Waals surface area contributed by atoms with Crippen molar-refractivity contribution in [2.45, 2.75) is 19.0 Å². The van der Waals surface area contributed by atoms with Crippen LogP contribution in [0.3, 0.4) is 0 Å². The summed E-state index contributed by atoms with van der Waals surface area (Å²) in [4.78, 5) is 4.58. The summed E-state index contributed by atoms with van der Waals surface area (Å²) < 4.78 is 0. The minimum Gasteiger partial charge on any atom is -0.329 e. The van der Waals surface area contributed by atoms with Crippen molar-refractivity contribution >= 4 is 23.2 Å². The molecule has 0 fully saturated rings. The first kappa shape index (κ1) is 15.1. The van der Waals surface area contributed by atoms with Gasteiger partial charge in [-0.05, 0) is 50.3 Å². The quantitative estimate of drug-likeness (QED) is 0.908. The van der Waals surface area contributed by atoms with Crippen molar-refractivity contribution in [2.75, 3.05) is 33.7 Å². The van der Waals surface area contributed by atoms with Crippen LogP contribution in [0.15, 0.2) is 12.1 Å². The Morgan fingerprint density at radius 2 is 2.00 bits per heavy atom. The fourth-order valence-corrected chi connectivity index (χ4v) is 3.25. The van der Waals surface area contributed by atoms with Crippen LogP contribution in [0.25, 0.3) is 0 Å². The van der Waals surface area contributed by atoms with Gasteiger partial charge < -0.3 is 10.6 Å². The van der Waals surface area contributed by atoms with Crippen LogP contribution in [0, 0.1) is 0 Å². The minimum absolute atomic E-state index is 0.198. The molecule has 1 aliphatic heterocycles. The molecule has 0 radical (unpaired) electrons. The summed E-state index contributed by atoms with van der Waals surface area (Å²) in [6.07, 6.45) is 1.12. The number of nitrogens with zero attached hydrogens (tertiary/aromatic N) is 2. The third-order valence-electron chi connectivity index (χ3n) is 3.66. The Kier molecular flexibility index (Phi) is 5.09. The van der Waals surface area contributed by atoms with Gasteiger partial charge in [0.05, 0.1) is 0 Å². The Morgan fingerprint density at radius 3 is 2.63 bits per heavy atom. The lowest BCUT2D eigenvalue weighted by molar-refractivity contribution is 0.208. The molecule has 1 heterocycles. The van der Waals surface area contributed by atoms with Crippen LogP contribution in [0.4, 0.5) is 0 Å². The molecule has 0 bridgehead atoms. The van der Waals surface area contributed by atoms with Crippen LogP contribution >= 0.6 is 23.2 Å². The lowest BCUT2D eigenvalue weighted by Gasteiger charge is -2.24. The number of halogens is 2. The highest BCUT2D eigenvalue weighted by molar-refractivity contribution is 6.34. The van der Waals surface area contributed by atoms with E-state index in [1.165, 1.54) is 0 Å². The standard InChI is InChI=1S/C14H21Cl2N3/c1-18(2)6-3-7-19-9-10-11(15)4-5-12(16)14(10)13(19)8-17/h4-5,13H,3,6-9,17H2,1-2H3. The molecule has 2 N–H and O–H groups in total. The van der Waals surface area contributed by atoms with Gasteiger partial charge in [0, 0.05) is 35.7 Å². The molecule has 5 heteroatoms. The second kappa shape index (κ2) is 6.42. The van der Waals surface area contributed by atoms with Crippen molar-refractivity contribution in [3.63, 3.8) is 0 Å². The van der Waals surface area contributed by atoms with E-state index in [4.69, 9.17) is 28.9 Å². The number of fused-ring (bicyclic) bond motifs is 1. The molecule has 3 nitrogen and oxygen atoms in total. The van der Waals surface area contributed by atoms with Gasteiger partial charge in [-0.3, -0.25) is 4.90 Å². The summed E-state index contributed by atoms with van der Waals surface area (Å²) in [7, 11) is 4.18. The van der Waals surface area contributed by atoms with E-state index in [2.05, 4.69) is 23.9 Å². The number of hydrogen-bond donors (Lipinski definition) is 1. The van der Waals surface area contributed by atoms with Crippen molar-refractivity contribution in [3.05, 3.63) is 33.3 Å². The SMILES string of the molecule is CN(C)CCCN1Cc2c(Cl)ccc(Cl)c2C1CN. The van der Waals surface area contributed by atoms with E-state index < -0.39 is 0 Å². The fraction of sp³-hybridized carbons (Fsp3) is 0.571. The van der Waals surface area contributed by atoms with Gasteiger partial charge in [-0.25, -0.2) is 0 Å². The van der Waals surface area contributed by atoms with Gasteiger partial charge in [0.1, 0.15) is 0 Å². The maximum absolute atomic E-state index is 6.32. The van der Waals surface area contributed by atoms with Crippen LogP contribution < -0.4 is 5.73 Å². The molecule has 0 saturated heterocycles. The number of hydrogen-bond acceptors (Lipinski definition) is 3. The molecule has 1 aromatic rings. The molecule has 1 atom stereocenters. The van der Waals surface area contributed by atoms with Crippen molar-refractivity contribution in [3.8, 4) is 0 Å². The van der Waals surface area contributed by atoms with Crippen molar-refractivity contribution < 1.29 is 0 Å². The summed E-state index contributed by atoms with van der Waals surface area (Å²) in [5.41, 5.74) is 8.21. The number of nitrogens with two attached hydrogens (primary N) is 1. The fourth-order valence-electron chi connectivity index (χ4n) is 2.72. The zero-order valence-corrected chi connectivity index (χ0v) is 13.0. The van der Waals surface area contributed by atoms with Crippen LogP contribution in [0.5, 0.6) is 0 Å². The Morgan fingerprint density at radius 1 is 1.32 bits per heavy atom. The van der Waals surface area contributed by atoms with Gasteiger partial charge in [-0.1, -0.05) is 23.2 Å². The Balaban J connectivity index is 2.14. The second-order valence-corrected chi connectivity index (χ2v) is 6.11. The molecule has 0 spiro atoms. The Labute approximate surface area is 125 Å². The molecule has 106 valence electrons. The van der Waals surface area contributed by atoms with E-state index in [0.29, 0.717) is 6.54 Å². The highest BCUT2D eigenvalue weighted by Gasteiger charge is 2.32. The van der Waals surface area contributed by atoms with Gasteiger partial charge in [0.25, 0.3) is 0 Å². The first-order chi connectivity index (χ1) is 9.04. The molecule has 0 aromatic heterocycles. The summed E-state index contributed by atoms with van der Waals surface area (Å²) in [6, 6.07) is 3.94. The van der Waals surface area contributed by atoms with E-state index in [1.54, 1.807) is 0 Å². The van der Waals surface area contributed by atoms with E-state index >= 15 is 0 Å². The predicted octanol–water partition coefficient (Wildman–Crippen LogP) is 2.76. The topological polar surface area (TPSA) is 32.5 Å². The number of benzene rings is 1. The molecular weight excluding hydrogens is 281 g/mol. The molecule has 1 aromatic carbocycles. The van der Waals surface area contributed by atoms with Crippen molar-refractivity contribution in [2.24, 2.45) is 5.73 Å². The normalized spacial score (nSPS) is 19.2. The predicted molar refractivity (Wildman–Crippen MR) is 81.8 cm³/mol. The molecular formula is C14H21Cl2N3. The van der Waals surface area contributed by atoms with Crippen LogP contribution in [0.1, 0.15) is 23.6 Å². The number of rotatable bonds is 5. The highest BCUT2D eigenvalue weighted by atomic mass is 35.5. The highest BCUT2D eigenvalue weighted by Crippen LogP contribution is 2.41. The van der Waals surface area contributed by atoms with Crippen LogP contribution in [-0.4, -0.2) is 43.5 Å². The monoisotopic (exact) mass is 301 g/mol. The van der Waals surface area contributed by atoms with Gasteiger partial charge in [-0.2, -0.15) is 0 Å². The summed E-state index contributed by atoms with van der Waals surface area (Å²) >= 11 is 12.6. The molecule has 0 aliphatic carbocycles. The lowest BCUT2D eigenvalue weighted by Crippen LogP contribution is -2.30. The van der Waals surface area contributed by atoms with Crippen molar-refractivity contribution in [1.82, 2.24) is 9.80 Å². The van der Waals surface area contributed by atoms with E-state index in [9.17, 15) is 0 Å². The molecule has 0 amide bonds. The van der Waals surface area contributed by atoms with Crippen LogP contribution in [0.2, 0.25) is 10.0 Å². The summed E-state index contributed by atoms with van der Waals surface area (Å²) in [5, 5.41) is 1.58. The zero-order chi connectivity index (χ0) is 14.0. The maximum atomic E-state index is 6.32. The summed E-state index contributed by atoms with van der Waals surface area (Å²) in [5.74, 6) is 0. The minimum atomic E-state index is 0.198. The molecule has 1 aliphatic rings. The summed E-state index contributed by atoms with van der Waals surface area (Å²) in [6.45, 7) is 3.52. The van der Waals surface area contributed by atoms with Crippen LogP contribution in [-0.2, 0) is 6.54 Å². The largest absolute Gasteiger partial charge is 0.329 e. The van der Waals surface area contributed by atoms with Gasteiger partial charge in [-0.15, -0.1) is 0 Å².